The van der Waals surface area contributed by atoms with Gasteiger partial charge in [0, 0.05) is 27.5 Å². The Morgan fingerprint density at radius 3 is 1.36 bits per heavy atom. The molecule has 0 aliphatic rings. The van der Waals surface area contributed by atoms with Crippen molar-refractivity contribution in [3.63, 3.8) is 0 Å². The average molecular weight is 754 g/mol. The largest absolute Gasteiger partial charge is 0.456 e. The third kappa shape index (κ3) is 6.34. The van der Waals surface area contributed by atoms with E-state index in [2.05, 4.69) is 188 Å². The summed E-state index contributed by atoms with van der Waals surface area (Å²) in [6.07, 6.45) is 0. The Morgan fingerprint density at radius 2 is 0.712 bits per heavy atom. The van der Waals surface area contributed by atoms with E-state index in [0.717, 1.165) is 82.8 Å². The molecule has 0 fully saturated rings. The maximum atomic E-state index is 6.60. The van der Waals surface area contributed by atoms with Gasteiger partial charge in [0.25, 0.3) is 0 Å². The molecule has 0 aliphatic carbocycles. The normalized spacial score (nSPS) is 11.4. The van der Waals surface area contributed by atoms with Crippen molar-refractivity contribution >= 4 is 32.7 Å². The van der Waals surface area contributed by atoms with E-state index >= 15 is 0 Å². The zero-order chi connectivity index (χ0) is 39.1. The summed E-state index contributed by atoms with van der Waals surface area (Å²) in [5.74, 6) is 1.79. The molecule has 0 amide bonds. The summed E-state index contributed by atoms with van der Waals surface area (Å²) in [5, 5.41) is 4.34. The summed E-state index contributed by atoms with van der Waals surface area (Å²) in [5.41, 5.74) is 13.6. The molecule has 4 nitrogen and oxygen atoms in total. The smallest absolute Gasteiger partial charge is 0.164 e. The van der Waals surface area contributed by atoms with Crippen LogP contribution >= 0.6 is 0 Å². The van der Waals surface area contributed by atoms with Crippen molar-refractivity contribution in [1.82, 2.24) is 15.0 Å². The molecule has 11 aromatic rings. The minimum atomic E-state index is 0.576. The first-order valence-electron chi connectivity index (χ1n) is 19.8. The highest BCUT2D eigenvalue weighted by Crippen LogP contribution is 2.40. The van der Waals surface area contributed by atoms with E-state index in [1.807, 2.05) is 24.3 Å². The molecule has 0 radical (unpaired) electrons. The molecule has 0 saturated heterocycles. The first kappa shape index (κ1) is 34.3. The minimum Gasteiger partial charge on any atom is -0.456 e. The lowest BCUT2D eigenvalue weighted by atomic mass is 9.94. The third-order valence-electron chi connectivity index (χ3n) is 11.2. The molecule has 2 aromatic heterocycles. The SMILES string of the molecule is c1ccc(-c2ccc(-c3nc(-c4ccc5c(c4)oc4cccc(-c6ccc(-c7ccccc7)cc6)c45)nc(-c4ccc(-c5ccccc5)c5ccccc45)n3)cc2)cc1. The number of aromatic nitrogens is 3. The van der Waals surface area contributed by atoms with Crippen molar-refractivity contribution in [2.24, 2.45) is 0 Å². The second kappa shape index (κ2) is 14.5. The van der Waals surface area contributed by atoms with Crippen LogP contribution in [-0.2, 0) is 0 Å². The lowest BCUT2D eigenvalue weighted by Crippen LogP contribution is -2.01. The molecular formula is C55H35N3O. The Bertz CT molecular complexity index is 3280. The Labute approximate surface area is 341 Å². The van der Waals surface area contributed by atoms with Gasteiger partial charge in [-0.25, -0.2) is 15.0 Å². The molecule has 59 heavy (non-hydrogen) atoms. The number of hydrogen-bond acceptors (Lipinski definition) is 4. The number of fused-ring (bicyclic) bond motifs is 4. The van der Waals surface area contributed by atoms with E-state index in [9.17, 15) is 0 Å². The Hall–Kier alpha value is -7.95. The maximum Gasteiger partial charge on any atom is 0.164 e. The summed E-state index contributed by atoms with van der Waals surface area (Å²) in [4.78, 5) is 15.5. The molecule has 0 N–H and O–H groups in total. The van der Waals surface area contributed by atoms with Gasteiger partial charge in [-0.05, 0) is 79.5 Å². The fourth-order valence-corrected chi connectivity index (χ4v) is 8.24. The molecule has 2 heterocycles. The molecule has 0 spiro atoms. The van der Waals surface area contributed by atoms with Crippen LogP contribution in [-0.4, -0.2) is 15.0 Å². The van der Waals surface area contributed by atoms with Gasteiger partial charge in [0.2, 0.25) is 0 Å². The second-order valence-electron chi connectivity index (χ2n) is 14.8. The van der Waals surface area contributed by atoms with Crippen LogP contribution < -0.4 is 0 Å². The Balaban J connectivity index is 1.04. The van der Waals surface area contributed by atoms with Gasteiger partial charge in [0.1, 0.15) is 11.2 Å². The van der Waals surface area contributed by atoms with E-state index in [4.69, 9.17) is 19.4 Å². The summed E-state index contributed by atoms with van der Waals surface area (Å²) in [7, 11) is 0. The second-order valence-corrected chi connectivity index (χ2v) is 14.8. The van der Waals surface area contributed by atoms with Gasteiger partial charge in [-0.15, -0.1) is 0 Å². The van der Waals surface area contributed by atoms with Crippen LogP contribution in [0.25, 0.3) is 111 Å². The number of hydrogen-bond donors (Lipinski definition) is 0. The molecule has 276 valence electrons. The molecule has 0 bridgehead atoms. The molecule has 0 unspecified atom stereocenters. The van der Waals surface area contributed by atoms with E-state index in [0.29, 0.717) is 17.5 Å². The minimum absolute atomic E-state index is 0.576. The average Bonchev–Trinajstić information content (AvgIpc) is 3.70. The molecule has 4 heteroatoms. The van der Waals surface area contributed by atoms with Gasteiger partial charge < -0.3 is 4.42 Å². The van der Waals surface area contributed by atoms with Gasteiger partial charge >= 0.3 is 0 Å². The Morgan fingerprint density at radius 1 is 0.254 bits per heavy atom. The Kier molecular flexibility index (Phi) is 8.45. The predicted molar refractivity (Wildman–Crippen MR) is 243 cm³/mol. The fraction of sp³-hybridized carbons (Fsp3) is 0. The van der Waals surface area contributed by atoms with Crippen molar-refractivity contribution in [3.8, 4) is 78.7 Å². The lowest BCUT2D eigenvalue weighted by Gasteiger charge is -2.13. The van der Waals surface area contributed by atoms with Gasteiger partial charge in [0.15, 0.2) is 17.5 Å². The number of furan rings is 1. The van der Waals surface area contributed by atoms with Crippen molar-refractivity contribution in [1.29, 1.82) is 0 Å². The number of benzene rings is 9. The first-order chi connectivity index (χ1) is 29.2. The summed E-state index contributed by atoms with van der Waals surface area (Å²) >= 11 is 0. The molecule has 0 aliphatic heterocycles. The standard InChI is InChI=1S/C55H35N3O/c1-4-13-36(14-5-1)38-23-27-41(28-24-38)45-21-12-22-50-52(45)49-32-31-43(35-51(49)59-50)54-56-53(42-29-25-39(26-30-42)37-15-6-2-7-16-37)57-55(58-54)48-34-33-44(40-17-8-3-9-18-40)46-19-10-11-20-47(46)48/h1-35H. The molecule has 0 saturated carbocycles. The highest BCUT2D eigenvalue weighted by atomic mass is 16.3. The van der Waals surface area contributed by atoms with Gasteiger partial charge in [0.05, 0.1) is 0 Å². The van der Waals surface area contributed by atoms with E-state index < -0.39 is 0 Å². The van der Waals surface area contributed by atoms with Crippen LogP contribution in [0.3, 0.4) is 0 Å². The molecule has 11 rings (SSSR count). The van der Waals surface area contributed by atoms with Crippen molar-refractivity contribution in [2.75, 3.05) is 0 Å². The quantitative estimate of drug-likeness (QED) is 0.163. The predicted octanol–water partition coefficient (Wildman–Crippen LogP) is 14.6. The molecule has 9 aromatic carbocycles. The van der Waals surface area contributed by atoms with Crippen LogP contribution in [0.5, 0.6) is 0 Å². The van der Waals surface area contributed by atoms with Crippen LogP contribution in [0, 0.1) is 0 Å². The van der Waals surface area contributed by atoms with Crippen molar-refractivity contribution < 1.29 is 4.42 Å². The summed E-state index contributed by atoms with van der Waals surface area (Å²) in [6, 6.07) is 74.0. The maximum absolute atomic E-state index is 6.60. The molecule has 0 atom stereocenters. The lowest BCUT2D eigenvalue weighted by molar-refractivity contribution is 0.669. The van der Waals surface area contributed by atoms with Crippen LogP contribution in [0.4, 0.5) is 0 Å². The van der Waals surface area contributed by atoms with Crippen molar-refractivity contribution in [3.05, 3.63) is 212 Å². The third-order valence-corrected chi connectivity index (χ3v) is 11.2. The number of rotatable bonds is 7. The van der Waals surface area contributed by atoms with Crippen LogP contribution in [0.2, 0.25) is 0 Å². The van der Waals surface area contributed by atoms with Gasteiger partial charge in [-0.3, -0.25) is 0 Å². The number of nitrogens with zero attached hydrogens (tertiary/aromatic N) is 3. The summed E-state index contributed by atoms with van der Waals surface area (Å²) in [6.45, 7) is 0. The van der Waals surface area contributed by atoms with E-state index in [-0.39, 0.29) is 0 Å². The van der Waals surface area contributed by atoms with Gasteiger partial charge in [-0.2, -0.15) is 0 Å². The summed E-state index contributed by atoms with van der Waals surface area (Å²) < 4.78 is 6.60. The highest BCUT2D eigenvalue weighted by Gasteiger charge is 2.19. The first-order valence-corrected chi connectivity index (χ1v) is 19.8. The fourth-order valence-electron chi connectivity index (χ4n) is 8.24. The van der Waals surface area contributed by atoms with Crippen LogP contribution in [0.15, 0.2) is 217 Å². The van der Waals surface area contributed by atoms with E-state index in [1.165, 1.54) is 11.1 Å². The van der Waals surface area contributed by atoms with E-state index in [1.54, 1.807) is 0 Å². The van der Waals surface area contributed by atoms with Gasteiger partial charge in [-0.1, -0.05) is 188 Å². The monoisotopic (exact) mass is 753 g/mol. The van der Waals surface area contributed by atoms with Crippen LogP contribution in [0.1, 0.15) is 0 Å². The molecular weight excluding hydrogens is 719 g/mol. The van der Waals surface area contributed by atoms with Crippen molar-refractivity contribution in [2.45, 2.75) is 0 Å². The topological polar surface area (TPSA) is 51.8 Å². The zero-order valence-corrected chi connectivity index (χ0v) is 32.0. The zero-order valence-electron chi connectivity index (χ0n) is 32.0. The highest BCUT2D eigenvalue weighted by molar-refractivity contribution is 6.13.